The van der Waals surface area contributed by atoms with Crippen molar-refractivity contribution in [2.45, 2.75) is 6.92 Å². The standard InChI is InChI=1S/C22H21N3O4/c1-14(26)25(2)17-8-4-15(5-9-17)12-19-21(27)24-20(22(28)23-19)13-16-6-10-18(29-3)11-7-16/h4-13H,1-3H3,(H,23,28)(H,24,27)/b19-12-,20-13-. The molecule has 7 heteroatoms. The number of rotatable bonds is 4. The number of amides is 1. The number of aromatic nitrogens is 2. The van der Waals surface area contributed by atoms with Crippen LogP contribution >= 0.6 is 0 Å². The number of H-pyrrole nitrogens is 2. The van der Waals surface area contributed by atoms with E-state index >= 15 is 0 Å². The first-order chi connectivity index (χ1) is 13.9. The number of hydrogen-bond acceptors (Lipinski definition) is 4. The lowest BCUT2D eigenvalue weighted by molar-refractivity contribution is -0.116. The molecule has 2 aromatic carbocycles. The maximum absolute atomic E-state index is 12.4. The van der Waals surface area contributed by atoms with Crippen LogP contribution in [-0.4, -0.2) is 30.0 Å². The Labute approximate surface area is 166 Å². The van der Waals surface area contributed by atoms with Gasteiger partial charge in [-0.1, -0.05) is 24.3 Å². The van der Waals surface area contributed by atoms with Crippen molar-refractivity contribution in [3.8, 4) is 5.75 Å². The first-order valence-electron chi connectivity index (χ1n) is 8.92. The number of ether oxygens (including phenoxy) is 1. The second-order valence-electron chi connectivity index (χ2n) is 6.47. The molecule has 0 atom stereocenters. The fraction of sp³-hybridized carbons (Fsp3) is 0.136. The molecule has 0 fully saturated rings. The summed E-state index contributed by atoms with van der Waals surface area (Å²) in [5.74, 6) is 0.626. The van der Waals surface area contributed by atoms with Gasteiger partial charge in [0.2, 0.25) is 5.91 Å². The van der Waals surface area contributed by atoms with Crippen LogP contribution in [0.3, 0.4) is 0 Å². The van der Waals surface area contributed by atoms with Crippen LogP contribution in [-0.2, 0) is 4.79 Å². The third kappa shape index (κ3) is 4.70. The molecule has 0 aliphatic rings. The highest BCUT2D eigenvalue weighted by atomic mass is 16.5. The van der Waals surface area contributed by atoms with Crippen molar-refractivity contribution in [3.05, 3.63) is 91.1 Å². The monoisotopic (exact) mass is 391 g/mol. The summed E-state index contributed by atoms with van der Waals surface area (Å²) >= 11 is 0. The van der Waals surface area contributed by atoms with Gasteiger partial charge in [-0.05, 0) is 47.5 Å². The maximum Gasteiger partial charge on any atom is 0.272 e. The van der Waals surface area contributed by atoms with Crippen LogP contribution in [0.1, 0.15) is 18.1 Å². The Kier molecular flexibility index (Phi) is 5.78. The lowest BCUT2D eigenvalue weighted by atomic mass is 10.2. The number of carbonyl (C=O) groups excluding carboxylic acids is 1. The van der Waals surface area contributed by atoms with Gasteiger partial charge in [0.25, 0.3) is 11.1 Å². The minimum absolute atomic E-state index is 0.0776. The summed E-state index contributed by atoms with van der Waals surface area (Å²) in [4.78, 5) is 43.0. The van der Waals surface area contributed by atoms with Crippen molar-refractivity contribution in [1.82, 2.24) is 9.97 Å². The van der Waals surface area contributed by atoms with Crippen LogP contribution in [0.25, 0.3) is 12.2 Å². The third-order valence-corrected chi connectivity index (χ3v) is 4.48. The van der Waals surface area contributed by atoms with Gasteiger partial charge in [-0.25, -0.2) is 0 Å². The fourth-order valence-electron chi connectivity index (χ4n) is 2.71. The second kappa shape index (κ2) is 8.43. The van der Waals surface area contributed by atoms with Crippen LogP contribution < -0.4 is 31.5 Å². The van der Waals surface area contributed by atoms with Gasteiger partial charge < -0.3 is 19.6 Å². The van der Waals surface area contributed by atoms with Gasteiger partial charge in [0, 0.05) is 19.7 Å². The van der Waals surface area contributed by atoms with E-state index in [9.17, 15) is 14.4 Å². The van der Waals surface area contributed by atoms with Gasteiger partial charge in [-0.15, -0.1) is 0 Å². The number of aromatic amines is 2. The molecular weight excluding hydrogens is 370 g/mol. The SMILES string of the molecule is COc1ccc(/C=c2\[nH]c(=O)/c(=C/c3ccc(N(C)C(C)=O)cc3)[nH]c2=O)cc1. The fourth-order valence-corrected chi connectivity index (χ4v) is 2.71. The van der Waals surface area contributed by atoms with E-state index in [-0.39, 0.29) is 16.6 Å². The molecule has 0 saturated carbocycles. The zero-order valence-electron chi connectivity index (χ0n) is 16.4. The molecule has 2 N–H and O–H groups in total. The van der Waals surface area contributed by atoms with Crippen molar-refractivity contribution >= 4 is 23.7 Å². The quantitative estimate of drug-likeness (QED) is 0.685. The van der Waals surface area contributed by atoms with Crippen LogP contribution in [0.2, 0.25) is 0 Å². The summed E-state index contributed by atoms with van der Waals surface area (Å²) < 4.78 is 5.10. The molecule has 0 aliphatic heterocycles. The molecule has 29 heavy (non-hydrogen) atoms. The van der Waals surface area contributed by atoms with E-state index in [0.717, 1.165) is 16.8 Å². The van der Waals surface area contributed by atoms with Crippen molar-refractivity contribution in [2.24, 2.45) is 0 Å². The summed E-state index contributed by atoms with van der Waals surface area (Å²) in [7, 11) is 3.26. The first-order valence-corrected chi connectivity index (χ1v) is 8.92. The molecule has 148 valence electrons. The van der Waals surface area contributed by atoms with E-state index in [0.29, 0.717) is 5.75 Å². The van der Waals surface area contributed by atoms with Crippen molar-refractivity contribution in [3.63, 3.8) is 0 Å². The van der Waals surface area contributed by atoms with Crippen LogP contribution in [0.4, 0.5) is 5.69 Å². The van der Waals surface area contributed by atoms with E-state index in [2.05, 4.69) is 9.97 Å². The van der Waals surface area contributed by atoms with Gasteiger partial charge in [-0.2, -0.15) is 0 Å². The summed E-state index contributed by atoms with van der Waals surface area (Å²) in [5.41, 5.74) is 1.41. The average molecular weight is 391 g/mol. The Hall–Kier alpha value is -3.87. The molecular formula is C22H21N3O4. The van der Waals surface area contributed by atoms with E-state index in [1.807, 2.05) is 0 Å². The maximum atomic E-state index is 12.4. The predicted molar refractivity (Wildman–Crippen MR) is 113 cm³/mol. The van der Waals surface area contributed by atoms with Crippen LogP contribution in [0, 0.1) is 0 Å². The topological polar surface area (TPSA) is 95.3 Å². The number of nitrogens with zero attached hydrogens (tertiary/aromatic N) is 1. The zero-order valence-corrected chi connectivity index (χ0v) is 16.4. The zero-order chi connectivity index (χ0) is 21.0. The smallest absolute Gasteiger partial charge is 0.272 e. The number of benzene rings is 2. The highest BCUT2D eigenvalue weighted by Crippen LogP contribution is 2.14. The highest BCUT2D eigenvalue weighted by molar-refractivity contribution is 5.90. The van der Waals surface area contributed by atoms with E-state index < -0.39 is 11.1 Å². The van der Waals surface area contributed by atoms with Gasteiger partial charge in [0.1, 0.15) is 16.4 Å². The molecule has 1 heterocycles. The Morgan fingerprint density at radius 3 is 1.72 bits per heavy atom. The summed E-state index contributed by atoms with van der Waals surface area (Å²) in [5, 5.41) is 0.310. The van der Waals surface area contributed by atoms with Crippen LogP contribution in [0.5, 0.6) is 5.75 Å². The third-order valence-electron chi connectivity index (χ3n) is 4.48. The summed E-state index contributed by atoms with van der Waals surface area (Å²) in [6.45, 7) is 1.48. The molecule has 3 rings (SSSR count). The van der Waals surface area contributed by atoms with Crippen molar-refractivity contribution in [2.75, 3.05) is 19.1 Å². The number of methoxy groups -OCH3 is 1. The lowest BCUT2D eigenvalue weighted by Crippen LogP contribution is -2.46. The Bertz CT molecular complexity index is 1250. The number of anilines is 1. The van der Waals surface area contributed by atoms with Crippen molar-refractivity contribution < 1.29 is 9.53 Å². The molecule has 1 amide bonds. The lowest BCUT2D eigenvalue weighted by Gasteiger charge is -2.14. The predicted octanol–water partition coefficient (Wildman–Crippen LogP) is 0.712. The molecule has 0 aliphatic carbocycles. The molecule has 0 unspecified atom stereocenters. The number of hydrogen-bond donors (Lipinski definition) is 2. The normalized spacial score (nSPS) is 12.1. The number of carbonyl (C=O) groups is 1. The van der Waals surface area contributed by atoms with Gasteiger partial charge in [0.05, 0.1) is 7.11 Å². The first kappa shape index (κ1) is 19.9. The summed E-state index contributed by atoms with van der Waals surface area (Å²) in [6, 6.07) is 14.2. The Morgan fingerprint density at radius 2 is 1.31 bits per heavy atom. The van der Waals surface area contributed by atoms with E-state index in [4.69, 9.17) is 4.74 Å². The van der Waals surface area contributed by atoms with Gasteiger partial charge in [-0.3, -0.25) is 14.4 Å². The van der Waals surface area contributed by atoms with E-state index in [1.54, 1.807) is 74.8 Å². The molecule has 1 aromatic heterocycles. The highest BCUT2D eigenvalue weighted by Gasteiger charge is 2.04. The second-order valence-corrected chi connectivity index (χ2v) is 6.47. The minimum atomic E-state index is -0.408. The van der Waals surface area contributed by atoms with E-state index in [1.165, 1.54) is 11.8 Å². The molecule has 0 saturated heterocycles. The van der Waals surface area contributed by atoms with Crippen molar-refractivity contribution in [1.29, 1.82) is 0 Å². The number of nitrogens with one attached hydrogen (secondary N) is 2. The Balaban J connectivity index is 1.96. The van der Waals surface area contributed by atoms with Crippen LogP contribution in [0.15, 0.2) is 58.1 Å². The summed E-state index contributed by atoms with van der Waals surface area (Å²) in [6.07, 6.45) is 3.17. The molecule has 0 bridgehead atoms. The van der Waals surface area contributed by atoms with Gasteiger partial charge >= 0.3 is 0 Å². The molecule has 0 radical (unpaired) electrons. The molecule has 0 spiro atoms. The molecule has 3 aromatic rings. The largest absolute Gasteiger partial charge is 0.497 e. The van der Waals surface area contributed by atoms with Gasteiger partial charge in [0.15, 0.2) is 0 Å². The average Bonchev–Trinajstić information content (AvgIpc) is 2.72. The Morgan fingerprint density at radius 1 is 0.862 bits per heavy atom. The minimum Gasteiger partial charge on any atom is -0.497 e. The molecule has 7 nitrogen and oxygen atoms in total.